The largest absolute Gasteiger partial charge is 0.299 e. The van der Waals surface area contributed by atoms with Gasteiger partial charge in [0.05, 0.1) is 4.87 Å². The van der Waals surface area contributed by atoms with E-state index in [1.165, 1.54) is 12.8 Å². The fourth-order valence-corrected chi connectivity index (χ4v) is 5.60. The molecular formula is C11H13ClO. The third kappa shape index (κ3) is 0.538. The van der Waals surface area contributed by atoms with Gasteiger partial charge in [-0.2, -0.15) is 0 Å². The summed E-state index contributed by atoms with van der Waals surface area (Å²) >= 11 is 6.63. The Labute approximate surface area is 82.8 Å². The molecule has 4 aliphatic carbocycles. The van der Waals surface area contributed by atoms with Gasteiger partial charge in [-0.1, -0.05) is 0 Å². The van der Waals surface area contributed by atoms with Gasteiger partial charge in [0.2, 0.25) is 0 Å². The van der Waals surface area contributed by atoms with E-state index in [4.69, 9.17) is 11.6 Å². The van der Waals surface area contributed by atoms with Crippen molar-refractivity contribution in [3.05, 3.63) is 0 Å². The second kappa shape index (κ2) is 1.71. The summed E-state index contributed by atoms with van der Waals surface area (Å²) in [7, 11) is 0. The molecule has 0 aliphatic heterocycles. The lowest BCUT2D eigenvalue weighted by atomic mass is 9.55. The van der Waals surface area contributed by atoms with Crippen molar-refractivity contribution >= 4 is 17.4 Å². The fourth-order valence-electron chi connectivity index (χ4n) is 4.92. The third-order valence-corrected chi connectivity index (χ3v) is 6.09. The molecule has 0 saturated heterocycles. The number of hydrogen-bond acceptors (Lipinski definition) is 1. The van der Waals surface area contributed by atoms with E-state index in [2.05, 4.69) is 0 Å². The minimum atomic E-state index is 0.0588. The van der Waals surface area contributed by atoms with Crippen molar-refractivity contribution in [2.24, 2.45) is 23.2 Å². The zero-order valence-corrected chi connectivity index (χ0v) is 8.31. The summed E-state index contributed by atoms with van der Waals surface area (Å²) in [5, 5.41) is 0. The molecule has 5 atom stereocenters. The molecule has 1 spiro atoms. The first kappa shape index (κ1) is 7.28. The molecule has 4 saturated carbocycles. The van der Waals surface area contributed by atoms with Crippen LogP contribution in [0.25, 0.3) is 0 Å². The van der Waals surface area contributed by atoms with Crippen molar-refractivity contribution in [1.29, 1.82) is 0 Å². The number of hydrogen-bond donors (Lipinski definition) is 0. The number of fused-ring (bicyclic) bond motifs is 2. The monoisotopic (exact) mass is 196 g/mol. The van der Waals surface area contributed by atoms with Crippen LogP contribution < -0.4 is 0 Å². The highest BCUT2D eigenvalue weighted by Crippen LogP contribution is 2.78. The molecule has 2 heteroatoms. The minimum Gasteiger partial charge on any atom is -0.299 e. The Hall–Kier alpha value is -0.0400. The highest BCUT2D eigenvalue weighted by molar-refractivity contribution is 6.26. The van der Waals surface area contributed by atoms with Crippen molar-refractivity contribution in [2.45, 2.75) is 37.0 Å². The van der Waals surface area contributed by atoms with Crippen molar-refractivity contribution < 1.29 is 4.79 Å². The highest BCUT2D eigenvalue weighted by Gasteiger charge is 2.75. The van der Waals surface area contributed by atoms with E-state index in [1.54, 1.807) is 0 Å². The third-order valence-electron chi connectivity index (χ3n) is 5.41. The summed E-state index contributed by atoms with van der Waals surface area (Å²) in [4.78, 5) is 11.9. The molecule has 4 aliphatic rings. The number of halogens is 1. The second-order valence-corrected chi connectivity index (χ2v) is 6.39. The van der Waals surface area contributed by atoms with Crippen LogP contribution in [0.5, 0.6) is 0 Å². The molecule has 1 nitrogen and oxygen atoms in total. The Morgan fingerprint density at radius 1 is 1.15 bits per heavy atom. The minimum absolute atomic E-state index is 0.0588. The van der Waals surface area contributed by atoms with Gasteiger partial charge in [0.1, 0.15) is 5.78 Å². The maximum atomic E-state index is 11.9. The quantitative estimate of drug-likeness (QED) is 0.544. The molecule has 0 aromatic heterocycles. The molecule has 5 unspecified atom stereocenters. The Bertz CT molecular complexity index is 322. The van der Waals surface area contributed by atoms with Gasteiger partial charge in [-0.15, -0.1) is 11.6 Å². The first-order chi connectivity index (χ1) is 6.15. The molecule has 0 N–H and O–H groups in total. The normalized spacial score (nSPS) is 66.8. The van der Waals surface area contributed by atoms with Crippen LogP contribution in [0.2, 0.25) is 0 Å². The molecule has 4 rings (SSSR count). The van der Waals surface area contributed by atoms with Crippen LogP contribution in [0.15, 0.2) is 0 Å². The van der Waals surface area contributed by atoms with Crippen LogP contribution in [0, 0.1) is 23.2 Å². The van der Waals surface area contributed by atoms with Gasteiger partial charge >= 0.3 is 0 Å². The zero-order chi connectivity index (χ0) is 8.84. The Morgan fingerprint density at radius 3 is 2.77 bits per heavy atom. The van der Waals surface area contributed by atoms with Crippen LogP contribution in [0.3, 0.4) is 0 Å². The average molecular weight is 197 g/mol. The summed E-state index contributed by atoms with van der Waals surface area (Å²) in [5.41, 5.74) is 0.428. The smallest absolute Gasteiger partial charge is 0.139 e. The summed E-state index contributed by atoms with van der Waals surface area (Å²) in [5.74, 6) is 2.13. The predicted molar refractivity (Wildman–Crippen MR) is 49.6 cm³/mol. The van der Waals surface area contributed by atoms with Crippen LogP contribution >= 0.6 is 11.6 Å². The number of carbonyl (C=O) groups is 1. The summed E-state index contributed by atoms with van der Waals surface area (Å²) < 4.78 is 0. The molecule has 0 radical (unpaired) electrons. The highest BCUT2D eigenvalue weighted by atomic mass is 35.5. The van der Waals surface area contributed by atoms with Crippen molar-refractivity contribution in [2.75, 3.05) is 0 Å². The molecule has 4 fully saturated rings. The number of carbonyl (C=O) groups excluding carboxylic acids is 1. The van der Waals surface area contributed by atoms with Crippen molar-refractivity contribution in [1.82, 2.24) is 0 Å². The fraction of sp³-hybridized carbons (Fsp3) is 0.909. The topological polar surface area (TPSA) is 17.1 Å². The number of alkyl halides is 1. The summed E-state index contributed by atoms with van der Waals surface area (Å²) in [6.45, 7) is 0. The Morgan fingerprint density at radius 2 is 1.92 bits per heavy atom. The molecule has 0 amide bonds. The second-order valence-electron chi connectivity index (χ2n) is 5.67. The van der Waals surface area contributed by atoms with E-state index in [0.717, 1.165) is 25.2 Å². The van der Waals surface area contributed by atoms with E-state index < -0.39 is 0 Å². The predicted octanol–water partition coefficient (Wildman–Crippen LogP) is 2.37. The van der Waals surface area contributed by atoms with E-state index >= 15 is 0 Å². The maximum absolute atomic E-state index is 11.9. The first-order valence-corrected chi connectivity index (χ1v) is 5.75. The molecule has 70 valence electrons. The number of ketones is 1. The lowest BCUT2D eigenvalue weighted by molar-refractivity contribution is -0.128. The van der Waals surface area contributed by atoms with E-state index in [1.807, 2.05) is 0 Å². The lowest BCUT2D eigenvalue weighted by Crippen LogP contribution is -2.53. The Balaban J connectivity index is 1.93. The van der Waals surface area contributed by atoms with Gasteiger partial charge in [0.25, 0.3) is 0 Å². The SMILES string of the molecule is O=C1C2CC3CC4(Cl)CC1CC34C2. The summed E-state index contributed by atoms with van der Waals surface area (Å²) in [6.07, 6.45) is 5.64. The van der Waals surface area contributed by atoms with Crippen LogP contribution in [0.1, 0.15) is 32.1 Å². The molecule has 13 heavy (non-hydrogen) atoms. The number of Topliss-reactive ketones (excluding diaryl/α,β-unsaturated/α-hetero) is 1. The van der Waals surface area contributed by atoms with Gasteiger partial charge in [-0.25, -0.2) is 0 Å². The van der Waals surface area contributed by atoms with Gasteiger partial charge in [-0.05, 0) is 43.4 Å². The first-order valence-electron chi connectivity index (χ1n) is 5.37. The zero-order valence-electron chi connectivity index (χ0n) is 7.55. The van der Waals surface area contributed by atoms with Crippen LogP contribution in [-0.2, 0) is 4.79 Å². The van der Waals surface area contributed by atoms with Gasteiger partial charge in [0, 0.05) is 11.8 Å². The molecular weight excluding hydrogens is 184 g/mol. The molecule has 3 bridgehead atoms. The van der Waals surface area contributed by atoms with Crippen LogP contribution in [0.4, 0.5) is 0 Å². The van der Waals surface area contributed by atoms with Gasteiger partial charge in [0.15, 0.2) is 0 Å². The molecule has 0 aromatic carbocycles. The standard InChI is InChI=1S/C11H13ClO/c12-11-4-7-3-10(11)2-6(9(7)13)1-8(10)5-11/h6-8H,1-5H2. The van der Waals surface area contributed by atoms with E-state index in [0.29, 0.717) is 23.0 Å². The molecule has 0 heterocycles. The van der Waals surface area contributed by atoms with Gasteiger partial charge in [-0.3, -0.25) is 4.79 Å². The van der Waals surface area contributed by atoms with E-state index in [9.17, 15) is 4.79 Å². The van der Waals surface area contributed by atoms with Crippen LogP contribution in [-0.4, -0.2) is 10.7 Å². The lowest BCUT2D eigenvalue weighted by Gasteiger charge is -2.55. The maximum Gasteiger partial charge on any atom is 0.139 e. The van der Waals surface area contributed by atoms with E-state index in [-0.39, 0.29) is 4.87 Å². The Kier molecular flexibility index (Phi) is 0.959. The van der Waals surface area contributed by atoms with Gasteiger partial charge < -0.3 is 0 Å². The van der Waals surface area contributed by atoms with Crippen molar-refractivity contribution in [3.8, 4) is 0 Å². The number of rotatable bonds is 0. The van der Waals surface area contributed by atoms with Crippen molar-refractivity contribution in [3.63, 3.8) is 0 Å². The molecule has 0 aromatic rings. The average Bonchev–Trinajstić information content (AvgIpc) is 2.45. The summed E-state index contributed by atoms with van der Waals surface area (Å²) in [6, 6.07) is 0.